The molecule has 0 amide bonds. The molecule has 0 aromatic rings. The molecule has 1 heterocycles. The molecule has 0 spiro atoms. The molecule has 1 aliphatic rings. The molecule has 1 fully saturated rings. The van der Waals surface area contributed by atoms with Crippen LogP contribution in [0.5, 0.6) is 0 Å². The van der Waals surface area contributed by atoms with Crippen molar-refractivity contribution in [2.75, 3.05) is 65.7 Å². The molecule has 0 aliphatic carbocycles. The minimum Gasteiger partial charge on any atom is -0.394 e. The lowest BCUT2D eigenvalue weighted by Crippen LogP contribution is -2.47. The van der Waals surface area contributed by atoms with E-state index in [2.05, 4.69) is 23.6 Å². The van der Waals surface area contributed by atoms with Gasteiger partial charge in [0.2, 0.25) is 0 Å². The highest BCUT2D eigenvalue weighted by Crippen LogP contribution is 2.06. The maximum Gasteiger partial charge on any atom is 0.0829 e. The summed E-state index contributed by atoms with van der Waals surface area (Å²) in [5.74, 6) is 0. The van der Waals surface area contributed by atoms with E-state index in [1.807, 2.05) is 0 Å². The quantitative estimate of drug-likeness (QED) is 0.593. The van der Waals surface area contributed by atoms with Crippen LogP contribution in [0.15, 0.2) is 0 Å². The molecule has 1 unspecified atom stereocenters. The summed E-state index contributed by atoms with van der Waals surface area (Å²) < 4.78 is 11.1. The van der Waals surface area contributed by atoms with Crippen LogP contribution in [0, 0.1) is 0 Å². The summed E-state index contributed by atoms with van der Waals surface area (Å²) in [7, 11) is 0. The highest BCUT2D eigenvalue weighted by Gasteiger charge is 2.21. The number of morpholine rings is 1. The lowest BCUT2D eigenvalue weighted by Gasteiger charge is -2.34. The smallest absolute Gasteiger partial charge is 0.0829 e. The standard InChI is InChI=1S/C13H28N2O3/c1-3-14(5-8-17-10-7-16)11-13-12-15(4-2)6-9-18-13/h13,16H,3-12H2,1-2H3. The Balaban J connectivity index is 2.20. The van der Waals surface area contributed by atoms with Gasteiger partial charge >= 0.3 is 0 Å². The number of ether oxygens (including phenoxy) is 2. The first-order chi connectivity index (χ1) is 8.80. The summed E-state index contributed by atoms with van der Waals surface area (Å²) in [5, 5.41) is 8.64. The zero-order chi connectivity index (χ0) is 13.2. The van der Waals surface area contributed by atoms with E-state index in [1.165, 1.54) is 0 Å². The maximum atomic E-state index is 8.64. The Morgan fingerprint density at radius 1 is 1.39 bits per heavy atom. The zero-order valence-corrected chi connectivity index (χ0v) is 11.8. The summed E-state index contributed by atoms with van der Waals surface area (Å²) in [6, 6.07) is 0. The van der Waals surface area contributed by atoms with Gasteiger partial charge in [-0.25, -0.2) is 0 Å². The number of likely N-dealkylation sites (N-methyl/N-ethyl adjacent to an activating group) is 2. The van der Waals surface area contributed by atoms with E-state index in [-0.39, 0.29) is 6.61 Å². The second-order valence-corrected chi connectivity index (χ2v) is 4.62. The predicted molar refractivity (Wildman–Crippen MR) is 71.9 cm³/mol. The molecule has 0 bridgehead atoms. The Bertz CT molecular complexity index is 205. The van der Waals surface area contributed by atoms with Crippen molar-refractivity contribution in [2.24, 2.45) is 0 Å². The molecule has 5 nitrogen and oxygen atoms in total. The largest absolute Gasteiger partial charge is 0.394 e. The Morgan fingerprint density at radius 2 is 2.22 bits per heavy atom. The highest BCUT2D eigenvalue weighted by atomic mass is 16.5. The average Bonchev–Trinajstić information content (AvgIpc) is 2.42. The van der Waals surface area contributed by atoms with Gasteiger partial charge in [-0.2, -0.15) is 0 Å². The van der Waals surface area contributed by atoms with Crippen molar-refractivity contribution in [3.05, 3.63) is 0 Å². The SMILES string of the molecule is CCN(CCOCCO)CC1CN(CC)CCO1. The van der Waals surface area contributed by atoms with Crippen molar-refractivity contribution < 1.29 is 14.6 Å². The van der Waals surface area contributed by atoms with Gasteiger partial charge in [-0.05, 0) is 13.1 Å². The van der Waals surface area contributed by atoms with E-state index in [4.69, 9.17) is 14.6 Å². The summed E-state index contributed by atoms with van der Waals surface area (Å²) in [5.41, 5.74) is 0. The molecule has 0 aromatic carbocycles. The summed E-state index contributed by atoms with van der Waals surface area (Å²) >= 11 is 0. The minimum atomic E-state index is 0.101. The molecule has 108 valence electrons. The fraction of sp³-hybridized carbons (Fsp3) is 1.00. The highest BCUT2D eigenvalue weighted by molar-refractivity contribution is 4.74. The van der Waals surface area contributed by atoms with Crippen molar-refractivity contribution in [3.63, 3.8) is 0 Å². The lowest BCUT2D eigenvalue weighted by molar-refractivity contribution is -0.0441. The molecule has 0 radical (unpaired) electrons. The Kier molecular flexibility index (Phi) is 8.54. The van der Waals surface area contributed by atoms with E-state index < -0.39 is 0 Å². The van der Waals surface area contributed by atoms with Gasteiger partial charge in [0.25, 0.3) is 0 Å². The van der Waals surface area contributed by atoms with Gasteiger partial charge in [-0.15, -0.1) is 0 Å². The molecule has 1 atom stereocenters. The van der Waals surface area contributed by atoms with Crippen molar-refractivity contribution in [3.8, 4) is 0 Å². The minimum absolute atomic E-state index is 0.101. The molecular weight excluding hydrogens is 232 g/mol. The summed E-state index contributed by atoms with van der Waals surface area (Å²) in [4.78, 5) is 4.78. The second kappa shape index (κ2) is 9.69. The first-order valence-electron chi connectivity index (χ1n) is 7.05. The zero-order valence-electron chi connectivity index (χ0n) is 11.8. The van der Waals surface area contributed by atoms with Gasteiger partial charge < -0.3 is 14.6 Å². The van der Waals surface area contributed by atoms with Gasteiger partial charge in [0.1, 0.15) is 0 Å². The fourth-order valence-corrected chi connectivity index (χ4v) is 2.20. The molecule has 0 aromatic heterocycles. The van der Waals surface area contributed by atoms with Crippen LogP contribution in [0.3, 0.4) is 0 Å². The number of rotatable bonds is 9. The van der Waals surface area contributed by atoms with Crippen molar-refractivity contribution in [1.29, 1.82) is 0 Å². The first kappa shape index (κ1) is 15.9. The molecule has 1 saturated heterocycles. The van der Waals surface area contributed by atoms with E-state index >= 15 is 0 Å². The Hall–Kier alpha value is -0.200. The van der Waals surface area contributed by atoms with Crippen LogP contribution in [0.1, 0.15) is 13.8 Å². The van der Waals surface area contributed by atoms with Gasteiger partial charge in [-0.3, -0.25) is 9.80 Å². The number of nitrogens with zero attached hydrogens (tertiary/aromatic N) is 2. The molecule has 1 aliphatic heterocycles. The number of aliphatic hydroxyl groups excluding tert-OH is 1. The molecule has 0 saturated carbocycles. The van der Waals surface area contributed by atoms with Gasteiger partial charge in [0.05, 0.1) is 32.5 Å². The Morgan fingerprint density at radius 3 is 2.89 bits per heavy atom. The molecule has 1 N–H and O–H groups in total. The second-order valence-electron chi connectivity index (χ2n) is 4.62. The van der Waals surface area contributed by atoms with E-state index in [9.17, 15) is 0 Å². The van der Waals surface area contributed by atoms with Crippen LogP contribution in [-0.2, 0) is 9.47 Å². The molecule has 18 heavy (non-hydrogen) atoms. The lowest BCUT2D eigenvalue weighted by atomic mass is 10.2. The average molecular weight is 260 g/mol. The number of aliphatic hydroxyl groups is 1. The van der Waals surface area contributed by atoms with Gasteiger partial charge in [0.15, 0.2) is 0 Å². The monoisotopic (exact) mass is 260 g/mol. The fourth-order valence-electron chi connectivity index (χ4n) is 2.20. The van der Waals surface area contributed by atoms with Crippen LogP contribution in [0.4, 0.5) is 0 Å². The normalized spacial score (nSPS) is 21.7. The van der Waals surface area contributed by atoms with Crippen LogP contribution in [0.2, 0.25) is 0 Å². The van der Waals surface area contributed by atoms with Crippen LogP contribution >= 0.6 is 0 Å². The van der Waals surface area contributed by atoms with Crippen LogP contribution in [-0.4, -0.2) is 86.7 Å². The van der Waals surface area contributed by atoms with Gasteiger partial charge in [0, 0.05) is 26.2 Å². The van der Waals surface area contributed by atoms with E-state index in [0.29, 0.717) is 19.3 Å². The first-order valence-corrected chi connectivity index (χ1v) is 7.05. The van der Waals surface area contributed by atoms with Gasteiger partial charge in [-0.1, -0.05) is 13.8 Å². The van der Waals surface area contributed by atoms with Crippen LogP contribution in [0.25, 0.3) is 0 Å². The molecular formula is C13H28N2O3. The van der Waals surface area contributed by atoms with Crippen molar-refractivity contribution >= 4 is 0 Å². The predicted octanol–water partition coefficient (Wildman–Crippen LogP) is 0.0379. The molecule has 1 rings (SSSR count). The third kappa shape index (κ3) is 6.11. The number of hydrogen-bond donors (Lipinski definition) is 1. The van der Waals surface area contributed by atoms with Crippen molar-refractivity contribution in [2.45, 2.75) is 20.0 Å². The summed E-state index contributed by atoms with van der Waals surface area (Å²) in [6.45, 7) is 12.5. The van der Waals surface area contributed by atoms with Crippen molar-refractivity contribution in [1.82, 2.24) is 9.80 Å². The maximum absolute atomic E-state index is 8.64. The van der Waals surface area contributed by atoms with Crippen LogP contribution < -0.4 is 0 Å². The van der Waals surface area contributed by atoms with E-state index in [0.717, 1.165) is 45.9 Å². The Labute approximate surface area is 111 Å². The number of hydrogen-bond acceptors (Lipinski definition) is 5. The third-order valence-electron chi connectivity index (χ3n) is 3.37. The third-order valence-corrected chi connectivity index (χ3v) is 3.37. The summed E-state index contributed by atoms with van der Waals surface area (Å²) in [6.07, 6.45) is 0.316. The topological polar surface area (TPSA) is 45.2 Å². The van der Waals surface area contributed by atoms with E-state index in [1.54, 1.807) is 0 Å². The molecule has 5 heteroatoms.